The SMILES string of the molecule is CC.O=C1CCN(S(=O)(=O)c2ccc(F)cc2)c2cc(NC(=O)c3c(F)cccc3Cl)ccc21. The van der Waals surface area contributed by atoms with Crippen molar-refractivity contribution < 1.29 is 26.8 Å². The predicted octanol–water partition coefficient (Wildman–Crippen LogP) is 5.68. The molecule has 0 saturated carbocycles. The zero-order valence-electron chi connectivity index (χ0n) is 18.3. The van der Waals surface area contributed by atoms with Gasteiger partial charge in [-0.3, -0.25) is 13.9 Å². The van der Waals surface area contributed by atoms with Crippen LogP contribution in [0, 0.1) is 11.6 Å². The maximum absolute atomic E-state index is 14.1. The van der Waals surface area contributed by atoms with E-state index in [1.165, 1.54) is 30.3 Å². The van der Waals surface area contributed by atoms with Crippen molar-refractivity contribution in [1.82, 2.24) is 0 Å². The lowest BCUT2D eigenvalue weighted by atomic mass is 10.0. The molecule has 3 aromatic carbocycles. The van der Waals surface area contributed by atoms with E-state index in [1.54, 1.807) is 0 Å². The fraction of sp³-hybridized carbons (Fsp3) is 0.167. The highest BCUT2D eigenvalue weighted by Crippen LogP contribution is 2.34. The number of hydrogen-bond acceptors (Lipinski definition) is 4. The molecule has 178 valence electrons. The van der Waals surface area contributed by atoms with Gasteiger partial charge in [-0.1, -0.05) is 31.5 Å². The summed E-state index contributed by atoms with van der Waals surface area (Å²) < 4.78 is 54.6. The first-order valence-electron chi connectivity index (χ1n) is 10.4. The minimum Gasteiger partial charge on any atom is -0.322 e. The number of fused-ring (bicyclic) bond motifs is 1. The van der Waals surface area contributed by atoms with Crippen LogP contribution >= 0.6 is 11.6 Å². The Bertz CT molecular complexity index is 1330. The molecule has 1 aliphatic rings. The lowest BCUT2D eigenvalue weighted by Gasteiger charge is -2.30. The smallest absolute Gasteiger partial charge is 0.264 e. The first-order valence-corrected chi connectivity index (χ1v) is 12.2. The van der Waals surface area contributed by atoms with Gasteiger partial charge >= 0.3 is 0 Å². The maximum Gasteiger partial charge on any atom is 0.264 e. The first kappa shape index (κ1) is 25.3. The van der Waals surface area contributed by atoms with Crippen LogP contribution in [0.2, 0.25) is 5.02 Å². The molecule has 0 saturated heterocycles. The van der Waals surface area contributed by atoms with Crippen molar-refractivity contribution in [3.63, 3.8) is 0 Å². The van der Waals surface area contributed by atoms with Gasteiger partial charge in [-0.2, -0.15) is 0 Å². The van der Waals surface area contributed by atoms with Crippen molar-refractivity contribution >= 4 is 44.7 Å². The Morgan fingerprint density at radius 2 is 1.71 bits per heavy atom. The largest absolute Gasteiger partial charge is 0.322 e. The summed E-state index contributed by atoms with van der Waals surface area (Å²) >= 11 is 5.93. The second kappa shape index (κ2) is 10.3. The Balaban J connectivity index is 0.00000158. The molecule has 34 heavy (non-hydrogen) atoms. The van der Waals surface area contributed by atoms with Crippen LogP contribution < -0.4 is 9.62 Å². The molecule has 3 aromatic rings. The summed E-state index contributed by atoms with van der Waals surface area (Å²) in [6.07, 6.45) is -0.0377. The second-order valence-corrected chi connectivity index (χ2v) is 9.26. The van der Waals surface area contributed by atoms with E-state index in [4.69, 9.17) is 11.6 Å². The molecular formula is C24H21ClF2N2O4S. The molecule has 1 amide bonds. The van der Waals surface area contributed by atoms with Crippen LogP contribution in [0.5, 0.6) is 0 Å². The van der Waals surface area contributed by atoms with E-state index in [1.807, 2.05) is 13.8 Å². The number of nitrogens with one attached hydrogen (secondary N) is 1. The Kier molecular flexibility index (Phi) is 7.68. The van der Waals surface area contributed by atoms with Crippen molar-refractivity contribution in [2.75, 3.05) is 16.2 Å². The number of ketones is 1. The zero-order chi connectivity index (χ0) is 25.0. The van der Waals surface area contributed by atoms with Gasteiger partial charge in [0.2, 0.25) is 0 Å². The molecule has 1 aliphatic heterocycles. The number of sulfonamides is 1. The summed E-state index contributed by atoms with van der Waals surface area (Å²) in [6.45, 7) is 3.88. The summed E-state index contributed by atoms with van der Waals surface area (Å²) in [5.74, 6) is -2.50. The monoisotopic (exact) mass is 506 g/mol. The Hall–Kier alpha value is -3.30. The van der Waals surface area contributed by atoms with E-state index in [9.17, 15) is 26.8 Å². The van der Waals surface area contributed by atoms with Crippen LogP contribution in [0.15, 0.2) is 65.6 Å². The average molecular weight is 507 g/mol. The van der Waals surface area contributed by atoms with Crippen LogP contribution in [0.1, 0.15) is 41.0 Å². The topological polar surface area (TPSA) is 83.6 Å². The Morgan fingerprint density at radius 3 is 2.35 bits per heavy atom. The van der Waals surface area contributed by atoms with Gasteiger partial charge in [-0.15, -0.1) is 0 Å². The summed E-state index contributed by atoms with van der Waals surface area (Å²) in [7, 11) is -4.11. The Labute approximate surface area is 201 Å². The molecule has 0 bridgehead atoms. The van der Waals surface area contributed by atoms with E-state index in [-0.39, 0.29) is 51.2 Å². The molecule has 4 rings (SSSR count). The molecule has 0 aromatic heterocycles. The van der Waals surface area contributed by atoms with Gasteiger partial charge in [0.15, 0.2) is 5.78 Å². The normalized spacial score (nSPS) is 13.0. The molecule has 0 unspecified atom stereocenters. The predicted molar refractivity (Wildman–Crippen MR) is 127 cm³/mol. The highest BCUT2D eigenvalue weighted by atomic mass is 35.5. The molecular weight excluding hydrogens is 486 g/mol. The quantitative estimate of drug-likeness (QED) is 0.493. The number of amides is 1. The third kappa shape index (κ3) is 4.95. The summed E-state index contributed by atoms with van der Waals surface area (Å²) in [4.78, 5) is 24.8. The summed E-state index contributed by atoms with van der Waals surface area (Å²) in [6, 6.07) is 12.2. The van der Waals surface area contributed by atoms with Gasteiger partial charge < -0.3 is 5.32 Å². The minimum absolute atomic E-state index is 0.0377. The van der Waals surface area contributed by atoms with Crippen molar-refractivity contribution in [3.05, 3.63) is 88.4 Å². The van der Waals surface area contributed by atoms with Crippen molar-refractivity contribution in [3.8, 4) is 0 Å². The number of nitrogens with zero attached hydrogens (tertiary/aromatic N) is 1. The van der Waals surface area contributed by atoms with Gasteiger partial charge in [-0.05, 0) is 54.6 Å². The van der Waals surface area contributed by atoms with Crippen LogP contribution in [0.3, 0.4) is 0 Å². The molecule has 0 aliphatic carbocycles. The molecule has 0 atom stereocenters. The zero-order valence-corrected chi connectivity index (χ0v) is 19.9. The molecule has 0 radical (unpaired) electrons. The third-order valence-electron chi connectivity index (χ3n) is 4.96. The van der Waals surface area contributed by atoms with E-state index in [0.29, 0.717) is 0 Å². The first-order chi connectivity index (χ1) is 16.2. The van der Waals surface area contributed by atoms with Crippen molar-refractivity contribution in [1.29, 1.82) is 0 Å². The number of Topliss-reactive ketones (excluding diaryl/α,β-unsaturated/α-hetero) is 1. The molecule has 1 N–H and O–H groups in total. The number of anilines is 2. The number of rotatable bonds is 4. The fourth-order valence-corrected chi connectivity index (χ4v) is 5.13. The van der Waals surface area contributed by atoms with Gasteiger partial charge in [0, 0.05) is 24.2 Å². The van der Waals surface area contributed by atoms with E-state index in [0.717, 1.165) is 34.6 Å². The summed E-state index contributed by atoms with van der Waals surface area (Å²) in [5, 5.41) is 2.39. The van der Waals surface area contributed by atoms with Gasteiger partial charge in [0.05, 0.1) is 21.2 Å². The number of halogens is 3. The Morgan fingerprint density at radius 1 is 1.03 bits per heavy atom. The highest BCUT2D eigenvalue weighted by molar-refractivity contribution is 7.92. The number of hydrogen-bond donors (Lipinski definition) is 1. The lowest BCUT2D eigenvalue weighted by Crippen LogP contribution is -2.37. The van der Waals surface area contributed by atoms with Gasteiger partial charge in [0.25, 0.3) is 15.9 Å². The highest BCUT2D eigenvalue weighted by Gasteiger charge is 2.33. The fourth-order valence-electron chi connectivity index (χ4n) is 3.40. The third-order valence-corrected chi connectivity index (χ3v) is 7.10. The summed E-state index contributed by atoms with van der Waals surface area (Å²) in [5.41, 5.74) is -0.00676. The average Bonchev–Trinajstić information content (AvgIpc) is 2.80. The molecule has 10 heteroatoms. The molecule has 0 fully saturated rings. The minimum atomic E-state index is -4.11. The van der Waals surface area contributed by atoms with E-state index in [2.05, 4.69) is 5.32 Å². The maximum atomic E-state index is 14.1. The molecule has 0 spiro atoms. The number of benzene rings is 3. The molecule has 6 nitrogen and oxygen atoms in total. The van der Waals surface area contributed by atoms with Crippen LogP contribution in [0.25, 0.3) is 0 Å². The lowest BCUT2D eigenvalue weighted by molar-refractivity contribution is 0.0981. The van der Waals surface area contributed by atoms with Gasteiger partial charge in [0.1, 0.15) is 11.6 Å². The number of carbonyl (C=O) groups is 2. The van der Waals surface area contributed by atoms with E-state index < -0.39 is 27.6 Å². The van der Waals surface area contributed by atoms with Crippen LogP contribution in [-0.4, -0.2) is 26.7 Å². The van der Waals surface area contributed by atoms with Crippen molar-refractivity contribution in [2.24, 2.45) is 0 Å². The van der Waals surface area contributed by atoms with E-state index >= 15 is 0 Å². The van der Waals surface area contributed by atoms with Crippen molar-refractivity contribution in [2.45, 2.75) is 25.2 Å². The van der Waals surface area contributed by atoms with Gasteiger partial charge in [-0.25, -0.2) is 17.2 Å². The second-order valence-electron chi connectivity index (χ2n) is 6.99. The van der Waals surface area contributed by atoms with Crippen LogP contribution in [-0.2, 0) is 10.0 Å². The molecule has 1 heterocycles. The number of carbonyl (C=O) groups excluding carboxylic acids is 2. The standard InChI is InChI=1S/C22H15ClF2N2O4S.C2H6/c23-17-2-1-3-18(25)21(17)22(29)26-14-6-9-16-19(12-14)27(11-10-20(16)28)32(30,31)15-7-4-13(24)5-8-15;1-2/h1-9,12H,10-11H2,(H,26,29);1-2H3. The van der Waals surface area contributed by atoms with Crippen LogP contribution in [0.4, 0.5) is 20.2 Å².